The zero-order valence-corrected chi connectivity index (χ0v) is 14.3. The number of urea groups is 1. The quantitative estimate of drug-likeness (QED) is 0.690. The SMILES string of the molecule is COc1ccc(NC(=O)Nc2ccnc3ccccc23)cc1Cl.Cl. The second kappa shape index (κ2) is 7.86. The Labute approximate surface area is 150 Å². The van der Waals surface area contributed by atoms with Gasteiger partial charge in [-0.25, -0.2) is 4.79 Å². The summed E-state index contributed by atoms with van der Waals surface area (Å²) in [6.07, 6.45) is 1.65. The van der Waals surface area contributed by atoms with Crippen LogP contribution in [-0.2, 0) is 0 Å². The number of carbonyl (C=O) groups is 1. The molecule has 3 aromatic rings. The van der Waals surface area contributed by atoms with Crippen molar-refractivity contribution in [1.82, 2.24) is 4.98 Å². The van der Waals surface area contributed by atoms with Gasteiger partial charge in [-0.2, -0.15) is 0 Å². The maximum Gasteiger partial charge on any atom is 0.323 e. The molecule has 0 fully saturated rings. The molecular formula is C17H15Cl2N3O2. The molecule has 0 atom stereocenters. The topological polar surface area (TPSA) is 63.2 Å². The van der Waals surface area contributed by atoms with Gasteiger partial charge >= 0.3 is 6.03 Å². The summed E-state index contributed by atoms with van der Waals surface area (Å²) in [6, 6.07) is 14.0. The van der Waals surface area contributed by atoms with Gasteiger partial charge in [-0.1, -0.05) is 29.8 Å². The van der Waals surface area contributed by atoms with Gasteiger partial charge in [-0.05, 0) is 30.3 Å². The van der Waals surface area contributed by atoms with Crippen molar-refractivity contribution in [3.05, 3.63) is 59.8 Å². The fourth-order valence-corrected chi connectivity index (χ4v) is 2.49. The standard InChI is InChI=1S/C17H14ClN3O2.ClH/c1-23-16-7-6-11(10-13(16)18)20-17(22)21-15-8-9-19-14-5-3-2-4-12(14)15;/h2-10H,1H3,(H2,19,20,21,22);1H. The largest absolute Gasteiger partial charge is 0.495 e. The molecule has 0 aliphatic rings. The van der Waals surface area contributed by atoms with Gasteiger partial charge in [0.1, 0.15) is 5.75 Å². The number of hydrogen-bond donors (Lipinski definition) is 2. The molecule has 1 aromatic heterocycles. The van der Waals surface area contributed by atoms with Crippen LogP contribution in [-0.4, -0.2) is 18.1 Å². The summed E-state index contributed by atoms with van der Waals surface area (Å²) in [5.41, 5.74) is 2.08. The average Bonchev–Trinajstić information content (AvgIpc) is 2.55. The molecule has 0 saturated carbocycles. The van der Waals surface area contributed by atoms with Gasteiger partial charge in [-0.3, -0.25) is 4.98 Å². The molecule has 0 aliphatic carbocycles. The Morgan fingerprint density at radius 1 is 1.12 bits per heavy atom. The maximum absolute atomic E-state index is 12.2. The van der Waals surface area contributed by atoms with Crippen LogP contribution < -0.4 is 15.4 Å². The van der Waals surface area contributed by atoms with Crippen molar-refractivity contribution in [1.29, 1.82) is 0 Å². The molecule has 1 heterocycles. The van der Waals surface area contributed by atoms with Gasteiger partial charge < -0.3 is 15.4 Å². The zero-order chi connectivity index (χ0) is 16.2. The van der Waals surface area contributed by atoms with Crippen molar-refractivity contribution in [3.8, 4) is 5.75 Å². The molecule has 0 aliphatic heterocycles. The fourth-order valence-electron chi connectivity index (χ4n) is 2.23. The van der Waals surface area contributed by atoms with Gasteiger partial charge in [0, 0.05) is 17.3 Å². The minimum atomic E-state index is -0.359. The zero-order valence-electron chi connectivity index (χ0n) is 12.7. The average molecular weight is 364 g/mol. The first-order chi connectivity index (χ1) is 11.2. The highest BCUT2D eigenvalue weighted by atomic mass is 35.5. The van der Waals surface area contributed by atoms with E-state index in [9.17, 15) is 4.79 Å². The predicted octanol–water partition coefficient (Wildman–Crippen LogP) is 4.96. The molecule has 0 spiro atoms. The summed E-state index contributed by atoms with van der Waals surface area (Å²) >= 11 is 6.05. The second-order valence-electron chi connectivity index (χ2n) is 4.80. The van der Waals surface area contributed by atoms with Crippen LogP contribution in [0.4, 0.5) is 16.2 Å². The van der Waals surface area contributed by atoms with E-state index < -0.39 is 0 Å². The van der Waals surface area contributed by atoms with Crippen LogP contribution in [0.25, 0.3) is 10.9 Å². The number of para-hydroxylation sites is 1. The number of rotatable bonds is 3. The van der Waals surface area contributed by atoms with E-state index in [0.717, 1.165) is 10.9 Å². The number of methoxy groups -OCH3 is 1. The van der Waals surface area contributed by atoms with E-state index >= 15 is 0 Å². The molecule has 124 valence electrons. The number of benzene rings is 2. The summed E-state index contributed by atoms with van der Waals surface area (Å²) in [6.45, 7) is 0. The Morgan fingerprint density at radius 2 is 1.92 bits per heavy atom. The van der Waals surface area contributed by atoms with Crippen molar-refractivity contribution < 1.29 is 9.53 Å². The van der Waals surface area contributed by atoms with Crippen molar-refractivity contribution in [2.45, 2.75) is 0 Å². The number of nitrogens with zero attached hydrogens (tertiary/aromatic N) is 1. The number of amides is 2. The number of halogens is 2. The van der Waals surface area contributed by atoms with Crippen molar-refractivity contribution in [2.75, 3.05) is 17.7 Å². The summed E-state index contributed by atoms with van der Waals surface area (Å²) in [7, 11) is 1.54. The van der Waals surface area contributed by atoms with Gasteiger partial charge in [0.25, 0.3) is 0 Å². The first-order valence-corrected chi connectivity index (χ1v) is 7.30. The Bertz CT molecular complexity index is 866. The van der Waals surface area contributed by atoms with Crippen molar-refractivity contribution >= 4 is 52.3 Å². The molecule has 0 saturated heterocycles. The van der Waals surface area contributed by atoms with Crippen LogP contribution in [0.2, 0.25) is 5.02 Å². The lowest BCUT2D eigenvalue weighted by molar-refractivity contribution is 0.262. The summed E-state index contributed by atoms with van der Waals surface area (Å²) in [4.78, 5) is 16.4. The number of carbonyl (C=O) groups excluding carboxylic acids is 1. The normalized spacial score (nSPS) is 9.92. The summed E-state index contributed by atoms with van der Waals surface area (Å²) < 4.78 is 5.08. The predicted molar refractivity (Wildman–Crippen MR) is 99.6 cm³/mol. The third-order valence-corrected chi connectivity index (χ3v) is 3.60. The molecule has 7 heteroatoms. The first-order valence-electron chi connectivity index (χ1n) is 6.92. The number of anilines is 2. The maximum atomic E-state index is 12.2. The Morgan fingerprint density at radius 3 is 2.67 bits per heavy atom. The number of aromatic nitrogens is 1. The number of pyridine rings is 1. The Balaban J connectivity index is 0.00000208. The summed E-state index contributed by atoms with van der Waals surface area (Å²) in [5.74, 6) is 0.553. The van der Waals surface area contributed by atoms with Crippen LogP contribution in [0, 0.1) is 0 Å². The van der Waals surface area contributed by atoms with E-state index in [1.807, 2.05) is 24.3 Å². The lowest BCUT2D eigenvalue weighted by atomic mass is 10.2. The molecule has 24 heavy (non-hydrogen) atoms. The minimum absolute atomic E-state index is 0. The molecular weight excluding hydrogens is 349 g/mol. The molecule has 2 aromatic carbocycles. The molecule has 2 amide bonds. The fraction of sp³-hybridized carbons (Fsp3) is 0.0588. The Hall–Kier alpha value is -2.50. The van der Waals surface area contributed by atoms with E-state index in [0.29, 0.717) is 22.1 Å². The second-order valence-corrected chi connectivity index (χ2v) is 5.21. The Kier molecular flexibility index (Phi) is 5.84. The molecule has 0 unspecified atom stereocenters. The summed E-state index contributed by atoms with van der Waals surface area (Å²) in [5, 5.41) is 6.86. The van der Waals surface area contributed by atoms with Crippen LogP contribution in [0.15, 0.2) is 54.7 Å². The number of ether oxygens (including phenoxy) is 1. The van der Waals surface area contributed by atoms with Gasteiger partial charge in [0.05, 0.1) is 23.3 Å². The van der Waals surface area contributed by atoms with E-state index in [2.05, 4.69) is 15.6 Å². The highest BCUT2D eigenvalue weighted by molar-refractivity contribution is 6.32. The van der Waals surface area contributed by atoms with Crippen LogP contribution >= 0.6 is 24.0 Å². The van der Waals surface area contributed by atoms with Gasteiger partial charge in [-0.15, -0.1) is 12.4 Å². The monoisotopic (exact) mass is 363 g/mol. The van der Waals surface area contributed by atoms with E-state index in [4.69, 9.17) is 16.3 Å². The third-order valence-electron chi connectivity index (χ3n) is 3.31. The first kappa shape index (κ1) is 17.8. The van der Waals surface area contributed by atoms with E-state index in [1.54, 1.807) is 30.5 Å². The molecule has 2 N–H and O–H groups in total. The van der Waals surface area contributed by atoms with Crippen LogP contribution in [0.1, 0.15) is 0 Å². The van der Waals surface area contributed by atoms with Crippen molar-refractivity contribution in [2.24, 2.45) is 0 Å². The molecule has 3 rings (SSSR count). The van der Waals surface area contributed by atoms with Gasteiger partial charge in [0.2, 0.25) is 0 Å². The molecule has 0 radical (unpaired) electrons. The van der Waals surface area contributed by atoms with Gasteiger partial charge in [0.15, 0.2) is 0 Å². The number of hydrogen-bond acceptors (Lipinski definition) is 3. The van der Waals surface area contributed by atoms with E-state index in [1.165, 1.54) is 7.11 Å². The minimum Gasteiger partial charge on any atom is -0.495 e. The molecule has 5 nitrogen and oxygen atoms in total. The lowest BCUT2D eigenvalue weighted by Gasteiger charge is -2.11. The smallest absolute Gasteiger partial charge is 0.323 e. The number of fused-ring (bicyclic) bond motifs is 1. The van der Waals surface area contributed by atoms with E-state index in [-0.39, 0.29) is 18.4 Å². The van der Waals surface area contributed by atoms with Crippen LogP contribution in [0.3, 0.4) is 0 Å². The third kappa shape index (κ3) is 3.88. The van der Waals surface area contributed by atoms with Crippen molar-refractivity contribution in [3.63, 3.8) is 0 Å². The number of nitrogens with one attached hydrogen (secondary N) is 2. The highest BCUT2D eigenvalue weighted by Crippen LogP contribution is 2.27. The molecule has 0 bridgehead atoms. The van der Waals surface area contributed by atoms with Crippen LogP contribution in [0.5, 0.6) is 5.75 Å². The highest BCUT2D eigenvalue weighted by Gasteiger charge is 2.08. The lowest BCUT2D eigenvalue weighted by Crippen LogP contribution is -2.19.